The van der Waals surface area contributed by atoms with Crippen molar-refractivity contribution in [2.24, 2.45) is 0 Å². The van der Waals surface area contributed by atoms with Crippen LogP contribution in [-0.4, -0.2) is 37.7 Å². The van der Waals surface area contributed by atoms with Gasteiger partial charge < -0.3 is 9.80 Å². The summed E-state index contributed by atoms with van der Waals surface area (Å²) in [6.45, 7) is 9.84. The fourth-order valence-electron chi connectivity index (χ4n) is 2.96. The Labute approximate surface area is 129 Å². The predicted molar refractivity (Wildman–Crippen MR) is 92.4 cm³/mol. The minimum Gasteiger partial charge on any atom is -0.372 e. The number of rotatable bonds is 7. The van der Waals surface area contributed by atoms with E-state index in [1.807, 2.05) is 0 Å². The number of nitrogens with zero attached hydrogens (tertiary/aromatic N) is 2. The van der Waals surface area contributed by atoms with E-state index in [1.54, 1.807) is 0 Å². The van der Waals surface area contributed by atoms with Crippen LogP contribution < -0.4 is 10.2 Å². The lowest BCUT2D eigenvalue weighted by atomic mass is 10.0. The normalized spacial score (nSPS) is 17.4. The first-order chi connectivity index (χ1) is 10.2. The maximum absolute atomic E-state index is 3.67. The number of likely N-dealkylation sites (N-methyl/N-ethyl adjacent to an activating group) is 1. The molecule has 0 fully saturated rings. The number of hydrogen-bond donors (Lipinski definition) is 1. The minimum absolute atomic E-state index is 0.280. The molecule has 1 aromatic carbocycles. The molecule has 1 aliphatic heterocycles. The van der Waals surface area contributed by atoms with Gasteiger partial charge in [0.15, 0.2) is 0 Å². The Morgan fingerprint density at radius 1 is 1.14 bits per heavy atom. The average molecular weight is 287 g/mol. The molecule has 1 atom stereocenters. The third-order valence-electron chi connectivity index (χ3n) is 4.28. The van der Waals surface area contributed by atoms with Gasteiger partial charge in [-0.15, -0.1) is 0 Å². The summed E-state index contributed by atoms with van der Waals surface area (Å²) < 4.78 is 0. The SMILES string of the molecule is CCCCNC1C=C(N(CC)CC)c2ccccc2N1C. The first kappa shape index (κ1) is 15.9. The summed E-state index contributed by atoms with van der Waals surface area (Å²) in [7, 11) is 2.18. The molecule has 1 aromatic rings. The molecule has 0 aromatic heterocycles. The number of fused-ring (bicyclic) bond motifs is 1. The standard InChI is InChI=1S/C18H29N3/c1-5-8-13-19-18-14-17(21(6-2)7-3)15-11-9-10-12-16(15)20(18)4/h9-12,14,18-19H,5-8,13H2,1-4H3. The molecule has 0 bridgehead atoms. The quantitative estimate of drug-likeness (QED) is 0.774. The number of hydrogen-bond acceptors (Lipinski definition) is 3. The van der Waals surface area contributed by atoms with Gasteiger partial charge in [0, 0.05) is 37.1 Å². The van der Waals surface area contributed by atoms with E-state index in [9.17, 15) is 0 Å². The summed E-state index contributed by atoms with van der Waals surface area (Å²) in [5, 5.41) is 3.67. The molecule has 21 heavy (non-hydrogen) atoms. The zero-order chi connectivity index (χ0) is 15.2. The van der Waals surface area contributed by atoms with Gasteiger partial charge in [-0.05, 0) is 39.0 Å². The number of benzene rings is 1. The summed E-state index contributed by atoms with van der Waals surface area (Å²) in [5.41, 5.74) is 4.02. The molecular formula is C18H29N3. The van der Waals surface area contributed by atoms with Crippen molar-refractivity contribution in [2.75, 3.05) is 31.6 Å². The lowest BCUT2D eigenvalue weighted by Gasteiger charge is -2.38. The molecule has 3 nitrogen and oxygen atoms in total. The highest BCUT2D eigenvalue weighted by Crippen LogP contribution is 2.34. The third kappa shape index (κ3) is 3.41. The topological polar surface area (TPSA) is 18.5 Å². The molecule has 0 saturated heterocycles. The molecule has 0 amide bonds. The Bertz CT molecular complexity index is 477. The van der Waals surface area contributed by atoms with Crippen LogP contribution in [0.15, 0.2) is 30.3 Å². The summed E-state index contributed by atoms with van der Waals surface area (Å²) in [5.74, 6) is 0. The van der Waals surface area contributed by atoms with Crippen LogP contribution in [0.5, 0.6) is 0 Å². The average Bonchev–Trinajstić information content (AvgIpc) is 2.52. The fourth-order valence-corrected chi connectivity index (χ4v) is 2.96. The van der Waals surface area contributed by atoms with Crippen molar-refractivity contribution in [2.45, 2.75) is 39.8 Å². The van der Waals surface area contributed by atoms with E-state index < -0.39 is 0 Å². The largest absolute Gasteiger partial charge is 0.372 e. The molecule has 1 unspecified atom stereocenters. The van der Waals surface area contributed by atoms with Gasteiger partial charge in [0.05, 0.1) is 0 Å². The first-order valence-electron chi connectivity index (χ1n) is 8.25. The number of para-hydroxylation sites is 1. The van der Waals surface area contributed by atoms with E-state index >= 15 is 0 Å². The van der Waals surface area contributed by atoms with Crippen molar-refractivity contribution in [3.63, 3.8) is 0 Å². The van der Waals surface area contributed by atoms with Crippen LogP contribution in [0.1, 0.15) is 39.2 Å². The second-order valence-electron chi connectivity index (χ2n) is 5.60. The van der Waals surface area contributed by atoms with Crippen molar-refractivity contribution in [3.8, 4) is 0 Å². The van der Waals surface area contributed by atoms with Crippen molar-refractivity contribution < 1.29 is 0 Å². The van der Waals surface area contributed by atoms with E-state index in [2.05, 4.69) is 73.3 Å². The van der Waals surface area contributed by atoms with Gasteiger partial charge in [0.25, 0.3) is 0 Å². The second-order valence-corrected chi connectivity index (χ2v) is 5.60. The van der Waals surface area contributed by atoms with Crippen molar-refractivity contribution in [1.82, 2.24) is 10.2 Å². The van der Waals surface area contributed by atoms with E-state index in [0.717, 1.165) is 19.6 Å². The Hall–Kier alpha value is -1.48. The van der Waals surface area contributed by atoms with Crippen LogP contribution in [0, 0.1) is 0 Å². The molecular weight excluding hydrogens is 258 g/mol. The Morgan fingerprint density at radius 2 is 1.86 bits per heavy atom. The highest BCUT2D eigenvalue weighted by molar-refractivity contribution is 5.79. The Kier molecular flexibility index (Phi) is 5.68. The molecule has 0 aliphatic carbocycles. The van der Waals surface area contributed by atoms with E-state index in [-0.39, 0.29) is 6.17 Å². The van der Waals surface area contributed by atoms with Gasteiger partial charge in [-0.2, -0.15) is 0 Å². The summed E-state index contributed by atoms with van der Waals surface area (Å²) in [4.78, 5) is 4.79. The highest BCUT2D eigenvalue weighted by atomic mass is 15.3. The molecule has 2 rings (SSSR count). The van der Waals surface area contributed by atoms with E-state index in [4.69, 9.17) is 0 Å². The molecule has 1 aliphatic rings. The van der Waals surface area contributed by atoms with Crippen molar-refractivity contribution in [3.05, 3.63) is 35.9 Å². The van der Waals surface area contributed by atoms with Crippen molar-refractivity contribution >= 4 is 11.4 Å². The van der Waals surface area contributed by atoms with E-state index in [0.29, 0.717) is 0 Å². The Morgan fingerprint density at radius 3 is 2.52 bits per heavy atom. The van der Waals surface area contributed by atoms with Gasteiger partial charge in [0.1, 0.15) is 6.17 Å². The van der Waals surface area contributed by atoms with Gasteiger partial charge in [-0.1, -0.05) is 31.5 Å². The second kappa shape index (κ2) is 7.51. The monoisotopic (exact) mass is 287 g/mol. The van der Waals surface area contributed by atoms with Gasteiger partial charge in [-0.3, -0.25) is 5.32 Å². The summed E-state index contributed by atoms with van der Waals surface area (Å²) in [6.07, 6.45) is 5.11. The molecule has 116 valence electrons. The third-order valence-corrected chi connectivity index (χ3v) is 4.28. The molecule has 0 radical (unpaired) electrons. The molecule has 0 saturated carbocycles. The number of unbranched alkanes of at least 4 members (excludes halogenated alkanes) is 1. The predicted octanol–water partition coefficient (Wildman–Crippen LogP) is 3.53. The number of nitrogens with one attached hydrogen (secondary N) is 1. The van der Waals surface area contributed by atoms with Crippen LogP contribution >= 0.6 is 0 Å². The van der Waals surface area contributed by atoms with E-state index in [1.165, 1.54) is 29.8 Å². The Balaban J connectivity index is 2.31. The molecule has 0 spiro atoms. The van der Waals surface area contributed by atoms with Crippen LogP contribution in [0.2, 0.25) is 0 Å². The zero-order valence-corrected chi connectivity index (χ0v) is 13.9. The summed E-state index contributed by atoms with van der Waals surface area (Å²) >= 11 is 0. The molecule has 3 heteroatoms. The number of anilines is 1. The van der Waals surface area contributed by atoms with Crippen LogP contribution in [-0.2, 0) is 0 Å². The van der Waals surface area contributed by atoms with Gasteiger partial charge >= 0.3 is 0 Å². The smallest absolute Gasteiger partial charge is 0.101 e. The molecule has 1 N–H and O–H groups in total. The van der Waals surface area contributed by atoms with Gasteiger partial charge in [-0.25, -0.2) is 0 Å². The fraction of sp³-hybridized carbons (Fsp3) is 0.556. The van der Waals surface area contributed by atoms with Crippen LogP contribution in [0.4, 0.5) is 5.69 Å². The maximum Gasteiger partial charge on any atom is 0.101 e. The van der Waals surface area contributed by atoms with Gasteiger partial charge in [0.2, 0.25) is 0 Å². The minimum atomic E-state index is 0.280. The zero-order valence-electron chi connectivity index (χ0n) is 13.9. The molecule has 1 heterocycles. The first-order valence-corrected chi connectivity index (χ1v) is 8.25. The van der Waals surface area contributed by atoms with Crippen LogP contribution in [0.25, 0.3) is 5.70 Å². The van der Waals surface area contributed by atoms with Crippen LogP contribution in [0.3, 0.4) is 0 Å². The lowest BCUT2D eigenvalue weighted by Crippen LogP contribution is -2.46. The highest BCUT2D eigenvalue weighted by Gasteiger charge is 2.25. The van der Waals surface area contributed by atoms with Crippen molar-refractivity contribution in [1.29, 1.82) is 0 Å². The maximum atomic E-state index is 3.67. The summed E-state index contributed by atoms with van der Waals surface area (Å²) in [6, 6.07) is 8.72. The lowest BCUT2D eigenvalue weighted by molar-refractivity contribution is 0.434.